The molecule has 0 saturated carbocycles. The molecule has 3 aromatic rings. The monoisotopic (exact) mass is 472 g/mol. The van der Waals surface area contributed by atoms with Gasteiger partial charge in [-0.05, 0) is 69.4 Å². The topological polar surface area (TPSA) is 33.5 Å². The normalized spacial score (nSPS) is 19.5. The number of methoxy groups -OCH3 is 1. The van der Waals surface area contributed by atoms with Gasteiger partial charge in [-0.25, -0.2) is 0 Å². The van der Waals surface area contributed by atoms with Crippen LogP contribution in [0.3, 0.4) is 0 Å². The van der Waals surface area contributed by atoms with Crippen molar-refractivity contribution in [3.8, 4) is 16.9 Å². The summed E-state index contributed by atoms with van der Waals surface area (Å²) in [5.41, 5.74) is 6.34. The zero-order valence-electron chi connectivity index (χ0n) is 21.4. The fraction of sp³-hybridized carbons (Fsp3) is 0.414. The summed E-state index contributed by atoms with van der Waals surface area (Å²) in [6.45, 7) is 7.64. The van der Waals surface area contributed by atoms with E-state index in [0.717, 1.165) is 48.5 Å². The Morgan fingerprint density at radius 1 is 1.03 bits per heavy atom. The number of aromatic nitrogens is 2. The molecule has 0 aliphatic carbocycles. The Hall–Kier alpha value is -2.93. The summed E-state index contributed by atoms with van der Waals surface area (Å²) < 4.78 is 8.31. The molecule has 0 bridgehead atoms. The van der Waals surface area contributed by atoms with Crippen LogP contribution >= 0.6 is 0 Å². The molecule has 2 aliphatic rings. The van der Waals surface area contributed by atoms with Crippen LogP contribution < -0.4 is 9.22 Å². The standard InChI is InChI=1S/C29H38N5O/c1-31(2)14-17-34(18-15-32-12-4-5-13-32)16-11-25-9-10-26(20-29(25)34)27-21-30-33(23-27)22-24-7-6-8-28(19-24)35-3/h6-11,16,19-21,23H,4-5,12-15,17-18,22H2,1-3H3/q+1. The Kier molecular flexibility index (Phi) is 7.04. The van der Waals surface area contributed by atoms with Crippen LogP contribution in [0.25, 0.3) is 17.2 Å². The molecule has 0 radical (unpaired) electrons. The lowest BCUT2D eigenvalue weighted by Gasteiger charge is -2.35. The average Bonchev–Trinajstić information content (AvgIpc) is 3.62. The highest BCUT2D eigenvalue weighted by atomic mass is 16.5. The number of hydrogen-bond acceptors (Lipinski definition) is 4. The number of likely N-dealkylation sites (N-methyl/N-ethyl adjacent to an activating group) is 1. The van der Waals surface area contributed by atoms with Crippen molar-refractivity contribution in [3.05, 3.63) is 72.2 Å². The summed E-state index contributed by atoms with van der Waals surface area (Å²) in [6.07, 6.45) is 11.6. The highest BCUT2D eigenvalue weighted by Gasteiger charge is 2.35. The molecular weight excluding hydrogens is 434 g/mol. The first kappa shape index (κ1) is 23.8. The number of benzene rings is 2. The lowest BCUT2D eigenvalue weighted by Crippen LogP contribution is -2.50. The van der Waals surface area contributed by atoms with Crippen molar-refractivity contribution in [1.82, 2.24) is 24.1 Å². The Morgan fingerprint density at radius 3 is 2.69 bits per heavy atom. The molecule has 184 valence electrons. The maximum atomic E-state index is 5.37. The molecule has 0 N–H and O–H groups in total. The van der Waals surface area contributed by atoms with Crippen LogP contribution in [0.1, 0.15) is 24.0 Å². The second-order valence-corrected chi connectivity index (χ2v) is 10.2. The van der Waals surface area contributed by atoms with Gasteiger partial charge in [0.2, 0.25) is 0 Å². The second-order valence-electron chi connectivity index (χ2n) is 10.2. The molecule has 5 rings (SSSR count). The quantitative estimate of drug-likeness (QED) is 0.405. The molecule has 3 heterocycles. The number of rotatable bonds is 10. The maximum Gasteiger partial charge on any atom is 0.145 e. The van der Waals surface area contributed by atoms with Gasteiger partial charge >= 0.3 is 0 Å². The van der Waals surface area contributed by atoms with Crippen LogP contribution in [-0.4, -0.2) is 80.1 Å². The highest BCUT2D eigenvalue weighted by Crippen LogP contribution is 2.38. The van der Waals surface area contributed by atoms with Gasteiger partial charge in [0, 0.05) is 42.6 Å². The summed E-state index contributed by atoms with van der Waals surface area (Å²) in [4.78, 5) is 4.93. The van der Waals surface area contributed by atoms with E-state index >= 15 is 0 Å². The summed E-state index contributed by atoms with van der Waals surface area (Å²) in [5, 5.41) is 4.66. The molecule has 2 aromatic carbocycles. The van der Waals surface area contributed by atoms with Crippen LogP contribution in [0.4, 0.5) is 5.69 Å². The van der Waals surface area contributed by atoms with Crippen molar-refractivity contribution in [2.75, 3.05) is 60.5 Å². The molecule has 2 aliphatic heterocycles. The van der Waals surface area contributed by atoms with Crippen LogP contribution in [0.15, 0.2) is 61.1 Å². The molecule has 35 heavy (non-hydrogen) atoms. The van der Waals surface area contributed by atoms with Gasteiger partial charge in [0.05, 0.1) is 19.9 Å². The molecule has 1 saturated heterocycles. The third kappa shape index (κ3) is 5.35. The smallest absolute Gasteiger partial charge is 0.145 e. The van der Waals surface area contributed by atoms with Crippen molar-refractivity contribution >= 4 is 11.8 Å². The number of likely N-dealkylation sites (tertiary alicyclic amines) is 1. The number of quaternary nitrogens is 1. The van der Waals surface area contributed by atoms with Crippen molar-refractivity contribution in [1.29, 1.82) is 0 Å². The van der Waals surface area contributed by atoms with Gasteiger partial charge in [-0.3, -0.25) is 14.1 Å². The number of fused-ring (bicyclic) bond motifs is 1. The van der Waals surface area contributed by atoms with E-state index in [4.69, 9.17) is 4.74 Å². The third-order valence-corrected chi connectivity index (χ3v) is 7.46. The lowest BCUT2D eigenvalue weighted by molar-refractivity contribution is 0.258. The van der Waals surface area contributed by atoms with E-state index in [1.807, 2.05) is 23.0 Å². The molecule has 0 amide bonds. The van der Waals surface area contributed by atoms with Crippen LogP contribution in [0, 0.1) is 0 Å². The first-order valence-corrected chi connectivity index (χ1v) is 12.8. The van der Waals surface area contributed by atoms with Gasteiger partial charge in [0.15, 0.2) is 0 Å². The van der Waals surface area contributed by atoms with E-state index in [1.54, 1.807) is 7.11 Å². The third-order valence-electron chi connectivity index (χ3n) is 7.46. The first-order chi connectivity index (χ1) is 17.0. The molecule has 1 unspecified atom stereocenters. The van der Waals surface area contributed by atoms with E-state index < -0.39 is 0 Å². The largest absolute Gasteiger partial charge is 0.497 e. The minimum absolute atomic E-state index is 0.725. The molecule has 1 atom stereocenters. The van der Waals surface area contributed by atoms with Crippen molar-refractivity contribution in [3.63, 3.8) is 0 Å². The fourth-order valence-electron chi connectivity index (χ4n) is 5.32. The Labute approximate surface area is 209 Å². The van der Waals surface area contributed by atoms with Gasteiger partial charge in [-0.15, -0.1) is 0 Å². The van der Waals surface area contributed by atoms with Crippen molar-refractivity contribution < 1.29 is 4.74 Å². The van der Waals surface area contributed by atoms with E-state index in [0.29, 0.717) is 0 Å². The van der Waals surface area contributed by atoms with Crippen molar-refractivity contribution in [2.24, 2.45) is 0 Å². The summed E-state index contributed by atoms with van der Waals surface area (Å²) >= 11 is 0. The average molecular weight is 473 g/mol. The van der Waals surface area contributed by atoms with Crippen LogP contribution in [0.5, 0.6) is 5.75 Å². The Morgan fingerprint density at radius 2 is 1.89 bits per heavy atom. The maximum absolute atomic E-state index is 5.37. The van der Waals surface area contributed by atoms with Crippen LogP contribution in [0.2, 0.25) is 0 Å². The zero-order valence-corrected chi connectivity index (χ0v) is 21.4. The first-order valence-electron chi connectivity index (χ1n) is 12.8. The van der Waals surface area contributed by atoms with Crippen molar-refractivity contribution in [2.45, 2.75) is 19.4 Å². The summed E-state index contributed by atoms with van der Waals surface area (Å²) in [5.74, 6) is 0.877. The van der Waals surface area contributed by atoms with Gasteiger partial charge in [-0.1, -0.05) is 18.2 Å². The van der Waals surface area contributed by atoms with E-state index in [1.165, 1.54) is 48.3 Å². The summed E-state index contributed by atoms with van der Waals surface area (Å²) in [7, 11) is 6.05. The van der Waals surface area contributed by atoms with Crippen LogP contribution in [-0.2, 0) is 6.54 Å². The van der Waals surface area contributed by atoms with Gasteiger partial charge in [-0.2, -0.15) is 5.10 Å². The minimum Gasteiger partial charge on any atom is -0.497 e. The van der Waals surface area contributed by atoms with Gasteiger partial charge in [0.1, 0.15) is 30.7 Å². The molecule has 6 heteroatoms. The minimum atomic E-state index is 0.725. The highest BCUT2D eigenvalue weighted by molar-refractivity contribution is 5.79. The van der Waals surface area contributed by atoms with E-state index in [9.17, 15) is 0 Å². The fourth-order valence-corrected chi connectivity index (χ4v) is 5.32. The summed E-state index contributed by atoms with van der Waals surface area (Å²) in [6, 6.07) is 15.1. The molecule has 1 aromatic heterocycles. The Balaban J connectivity index is 1.38. The Bertz CT molecular complexity index is 1180. The number of hydrogen-bond donors (Lipinski definition) is 0. The predicted molar refractivity (Wildman–Crippen MR) is 145 cm³/mol. The lowest BCUT2D eigenvalue weighted by atomic mass is 10.0. The zero-order chi connectivity index (χ0) is 24.3. The second kappa shape index (κ2) is 10.4. The SMILES string of the molecule is COc1cccc(Cn2cc(-c3ccc4c(c3)[N+](CCN(C)C)(CCN3CCCC3)C=C4)cn2)c1. The molecule has 1 fully saturated rings. The van der Waals surface area contributed by atoms with E-state index in [2.05, 4.69) is 77.8 Å². The molecule has 0 spiro atoms. The van der Waals surface area contributed by atoms with E-state index in [-0.39, 0.29) is 0 Å². The predicted octanol–water partition coefficient (Wildman–Crippen LogP) is 4.56. The van der Waals surface area contributed by atoms with Gasteiger partial charge in [0.25, 0.3) is 0 Å². The number of ether oxygens (including phenoxy) is 1. The number of nitrogens with zero attached hydrogens (tertiary/aromatic N) is 5. The molecular formula is C29H38N5O+. The van der Waals surface area contributed by atoms with Gasteiger partial charge < -0.3 is 9.64 Å². The molecule has 6 nitrogen and oxygen atoms in total.